The second kappa shape index (κ2) is 7.42. The van der Waals surface area contributed by atoms with Gasteiger partial charge in [0.15, 0.2) is 0 Å². The molecule has 0 bridgehead atoms. The van der Waals surface area contributed by atoms with Gasteiger partial charge in [0.2, 0.25) is 0 Å². The van der Waals surface area contributed by atoms with E-state index in [0.29, 0.717) is 11.5 Å². The SMILES string of the molecule is O=C(c1cc(NCCc2ccc(Cl)cc2)ncn1)N1CCCC1. The van der Waals surface area contributed by atoms with Crippen LogP contribution in [0.3, 0.4) is 0 Å². The van der Waals surface area contributed by atoms with Gasteiger partial charge >= 0.3 is 0 Å². The van der Waals surface area contributed by atoms with Crippen molar-refractivity contribution in [3.8, 4) is 0 Å². The van der Waals surface area contributed by atoms with Crippen molar-refractivity contribution >= 4 is 23.3 Å². The lowest BCUT2D eigenvalue weighted by atomic mass is 10.1. The molecule has 1 fully saturated rings. The molecule has 6 heteroatoms. The standard InChI is InChI=1S/C17H19ClN4O/c18-14-5-3-13(4-6-14)7-8-19-16-11-15(20-12-21-16)17(23)22-9-1-2-10-22/h3-6,11-12H,1-2,7-10H2,(H,19,20,21). The summed E-state index contributed by atoms with van der Waals surface area (Å²) in [6.07, 6.45) is 4.44. The monoisotopic (exact) mass is 330 g/mol. The van der Waals surface area contributed by atoms with Gasteiger partial charge in [0.1, 0.15) is 17.8 Å². The van der Waals surface area contributed by atoms with Crippen molar-refractivity contribution < 1.29 is 4.79 Å². The highest BCUT2D eigenvalue weighted by atomic mass is 35.5. The Morgan fingerprint density at radius 3 is 2.65 bits per heavy atom. The zero-order chi connectivity index (χ0) is 16.1. The number of benzene rings is 1. The lowest BCUT2D eigenvalue weighted by Gasteiger charge is -2.14. The Labute approximate surface area is 140 Å². The minimum atomic E-state index is -0.00866. The number of nitrogens with zero attached hydrogens (tertiary/aromatic N) is 3. The Hall–Kier alpha value is -2.14. The van der Waals surface area contributed by atoms with Crippen LogP contribution in [0.25, 0.3) is 0 Å². The van der Waals surface area contributed by atoms with Crippen LogP contribution >= 0.6 is 11.6 Å². The molecule has 5 nitrogen and oxygen atoms in total. The lowest BCUT2D eigenvalue weighted by molar-refractivity contribution is 0.0787. The Morgan fingerprint density at radius 2 is 1.91 bits per heavy atom. The summed E-state index contributed by atoms with van der Waals surface area (Å²) in [4.78, 5) is 22.5. The van der Waals surface area contributed by atoms with E-state index in [2.05, 4.69) is 15.3 Å². The van der Waals surface area contributed by atoms with E-state index >= 15 is 0 Å². The first-order chi connectivity index (χ1) is 11.2. The number of hydrogen-bond donors (Lipinski definition) is 1. The molecule has 23 heavy (non-hydrogen) atoms. The molecule has 1 aromatic carbocycles. The van der Waals surface area contributed by atoms with Crippen LogP contribution in [-0.4, -0.2) is 40.4 Å². The first kappa shape index (κ1) is 15.7. The van der Waals surface area contributed by atoms with Crippen LogP contribution in [0.4, 0.5) is 5.82 Å². The van der Waals surface area contributed by atoms with Crippen molar-refractivity contribution in [2.24, 2.45) is 0 Å². The van der Waals surface area contributed by atoms with E-state index in [9.17, 15) is 4.79 Å². The van der Waals surface area contributed by atoms with Gasteiger partial charge in [-0.25, -0.2) is 9.97 Å². The number of halogens is 1. The van der Waals surface area contributed by atoms with Gasteiger partial charge in [-0.1, -0.05) is 23.7 Å². The summed E-state index contributed by atoms with van der Waals surface area (Å²) in [5.74, 6) is 0.669. The van der Waals surface area contributed by atoms with E-state index in [-0.39, 0.29) is 5.91 Å². The summed E-state index contributed by atoms with van der Waals surface area (Å²) in [5, 5.41) is 3.98. The second-order valence-corrected chi connectivity index (χ2v) is 6.03. The molecule has 0 aliphatic carbocycles. The number of likely N-dealkylation sites (tertiary alicyclic amines) is 1. The maximum atomic E-state index is 12.3. The van der Waals surface area contributed by atoms with E-state index in [1.807, 2.05) is 29.2 Å². The fourth-order valence-electron chi connectivity index (χ4n) is 2.64. The molecule has 0 radical (unpaired) electrons. The number of hydrogen-bond acceptors (Lipinski definition) is 4. The van der Waals surface area contributed by atoms with Gasteiger partial charge in [-0.3, -0.25) is 4.79 Å². The molecule has 1 amide bonds. The average Bonchev–Trinajstić information content (AvgIpc) is 3.11. The van der Waals surface area contributed by atoms with Crippen molar-refractivity contribution in [2.45, 2.75) is 19.3 Å². The van der Waals surface area contributed by atoms with Crippen LogP contribution in [0.15, 0.2) is 36.7 Å². The van der Waals surface area contributed by atoms with Crippen LogP contribution in [0.5, 0.6) is 0 Å². The molecule has 1 saturated heterocycles. The van der Waals surface area contributed by atoms with Gasteiger partial charge in [0.05, 0.1) is 0 Å². The first-order valence-electron chi connectivity index (χ1n) is 7.82. The molecule has 0 saturated carbocycles. The number of carbonyl (C=O) groups excluding carboxylic acids is 1. The van der Waals surface area contributed by atoms with Gasteiger partial charge < -0.3 is 10.2 Å². The molecule has 0 spiro atoms. The minimum Gasteiger partial charge on any atom is -0.370 e. The van der Waals surface area contributed by atoms with Crippen LogP contribution in [0.2, 0.25) is 5.02 Å². The number of aromatic nitrogens is 2. The highest BCUT2D eigenvalue weighted by Crippen LogP contribution is 2.13. The molecule has 2 aromatic rings. The van der Waals surface area contributed by atoms with Crippen LogP contribution in [0, 0.1) is 0 Å². The first-order valence-corrected chi connectivity index (χ1v) is 8.20. The van der Waals surface area contributed by atoms with Crippen LogP contribution in [-0.2, 0) is 6.42 Å². The quantitative estimate of drug-likeness (QED) is 0.915. The third-order valence-corrected chi connectivity index (χ3v) is 4.16. The van der Waals surface area contributed by atoms with Crippen molar-refractivity contribution in [3.63, 3.8) is 0 Å². The molecule has 120 valence electrons. The predicted octanol–water partition coefficient (Wildman–Crippen LogP) is 3.02. The Bertz CT molecular complexity index is 669. The van der Waals surface area contributed by atoms with Crippen molar-refractivity contribution in [2.75, 3.05) is 25.0 Å². The molecule has 1 N–H and O–H groups in total. The topological polar surface area (TPSA) is 58.1 Å². The molecule has 0 unspecified atom stereocenters. The Kier molecular flexibility index (Phi) is 5.08. The second-order valence-electron chi connectivity index (χ2n) is 5.59. The van der Waals surface area contributed by atoms with Crippen LogP contribution in [0.1, 0.15) is 28.9 Å². The Morgan fingerprint density at radius 1 is 1.17 bits per heavy atom. The molecule has 1 aliphatic rings. The van der Waals surface area contributed by atoms with Gasteiger partial charge in [0.25, 0.3) is 5.91 Å². The number of amides is 1. The third kappa shape index (κ3) is 4.20. The average molecular weight is 331 g/mol. The van der Waals surface area contributed by atoms with E-state index in [1.54, 1.807) is 6.07 Å². The van der Waals surface area contributed by atoms with E-state index < -0.39 is 0 Å². The van der Waals surface area contributed by atoms with Gasteiger partial charge in [-0.05, 0) is 37.0 Å². The van der Waals surface area contributed by atoms with E-state index in [4.69, 9.17) is 11.6 Å². The van der Waals surface area contributed by atoms with Gasteiger partial charge in [0, 0.05) is 30.7 Å². The summed E-state index contributed by atoms with van der Waals surface area (Å²) in [5.41, 5.74) is 1.65. The molecule has 0 atom stereocenters. The largest absolute Gasteiger partial charge is 0.370 e. The Balaban J connectivity index is 1.56. The van der Waals surface area contributed by atoms with E-state index in [1.165, 1.54) is 11.9 Å². The van der Waals surface area contributed by atoms with E-state index in [0.717, 1.165) is 43.9 Å². The van der Waals surface area contributed by atoms with Gasteiger partial charge in [-0.2, -0.15) is 0 Å². The number of anilines is 1. The zero-order valence-corrected chi connectivity index (χ0v) is 13.6. The highest BCUT2D eigenvalue weighted by molar-refractivity contribution is 6.30. The van der Waals surface area contributed by atoms with Crippen LogP contribution < -0.4 is 5.32 Å². The number of rotatable bonds is 5. The maximum absolute atomic E-state index is 12.3. The summed E-state index contributed by atoms with van der Waals surface area (Å²) in [7, 11) is 0. The number of carbonyl (C=O) groups is 1. The summed E-state index contributed by atoms with van der Waals surface area (Å²) in [6.45, 7) is 2.38. The third-order valence-electron chi connectivity index (χ3n) is 3.91. The van der Waals surface area contributed by atoms with Crippen molar-refractivity contribution in [1.82, 2.24) is 14.9 Å². The van der Waals surface area contributed by atoms with Crippen molar-refractivity contribution in [3.05, 3.63) is 52.9 Å². The normalized spacial score (nSPS) is 14.0. The molecule has 1 aliphatic heterocycles. The fourth-order valence-corrected chi connectivity index (χ4v) is 2.77. The number of nitrogens with one attached hydrogen (secondary N) is 1. The van der Waals surface area contributed by atoms with Gasteiger partial charge in [-0.15, -0.1) is 0 Å². The molecule has 1 aromatic heterocycles. The predicted molar refractivity (Wildman–Crippen MR) is 90.8 cm³/mol. The fraction of sp³-hybridized carbons (Fsp3) is 0.353. The summed E-state index contributed by atoms with van der Waals surface area (Å²) >= 11 is 5.87. The molecular weight excluding hydrogens is 312 g/mol. The zero-order valence-electron chi connectivity index (χ0n) is 12.8. The molecular formula is C17H19ClN4O. The summed E-state index contributed by atoms with van der Waals surface area (Å²) in [6, 6.07) is 9.50. The van der Waals surface area contributed by atoms with Crippen molar-refractivity contribution in [1.29, 1.82) is 0 Å². The minimum absolute atomic E-state index is 0.00866. The summed E-state index contributed by atoms with van der Waals surface area (Å²) < 4.78 is 0. The maximum Gasteiger partial charge on any atom is 0.272 e. The lowest BCUT2D eigenvalue weighted by Crippen LogP contribution is -2.28. The molecule has 3 rings (SSSR count). The molecule has 2 heterocycles. The smallest absolute Gasteiger partial charge is 0.272 e. The highest BCUT2D eigenvalue weighted by Gasteiger charge is 2.20.